The van der Waals surface area contributed by atoms with Crippen molar-refractivity contribution in [2.75, 3.05) is 198 Å². The van der Waals surface area contributed by atoms with E-state index in [9.17, 15) is 9.59 Å². The van der Waals surface area contributed by atoms with Gasteiger partial charge in [-0.3, -0.25) is 9.59 Å². The molecule has 2 amide bonds. The smallest absolute Gasteiger partial charge is 0.250 e. The van der Waals surface area contributed by atoms with Crippen LogP contribution in [0.15, 0.2) is 164 Å². The topological polar surface area (TPSA) is 226 Å². The summed E-state index contributed by atoms with van der Waals surface area (Å²) in [4.78, 5) is 75.8. The highest BCUT2D eigenvalue weighted by Crippen LogP contribution is 2.50. The molecular formula is C79H87N19O7. The summed E-state index contributed by atoms with van der Waals surface area (Å²) in [5.41, 5.74) is 17.6. The molecule has 9 aromatic rings. The third-order valence-corrected chi connectivity index (χ3v) is 21.2. The summed E-state index contributed by atoms with van der Waals surface area (Å²) in [5.74, 6) is 4.80. The van der Waals surface area contributed by atoms with Crippen LogP contribution < -0.4 is 69.7 Å². The van der Waals surface area contributed by atoms with Gasteiger partial charge in [-0.05, 0) is 89.5 Å². The van der Waals surface area contributed by atoms with E-state index in [1.165, 1.54) is 22.5 Å². The lowest BCUT2D eigenvalue weighted by atomic mass is 10.1. The van der Waals surface area contributed by atoms with Crippen molar-refractivity contribution in [3.8, 4) is 5.75 Å². The lowest BCUT2D eigenvalue weighted by molar-refractivity contribution is -0.120. The van der Waals surface area contributed by atoms with Crippen molar-refractivity contribution in [2.24, 2.45) is 0 Å². The monoisotopic (exact) mass is 1410 g/mol. The van der Waals surface area contributed by atoms with Crippen LogP contribution in [0.1, 0.15) is 24.1 Å². The van der Waals surface area contributed by atoms with Gasteiger partial charge in [0, 0.05) is 156 Å². The molecule has 19 rings (SSSR count). The molecule has 0 saturated carbocycles. The first kappa shape index (κ1) is 68.1. The quantitative estimate of drug-likeness (QED) is 0.109. The summed E-state index contributed by atoms with van der Waals surface area (Å²) in [7, 11) is 7.32. The SMILES string of the molecule is C.C=C1C2Cc3ccccc3N2c2nc(Nc3ccc(N4CCOCC4)cc3OC)ncc2N1C.CN1C(=O)C2Cc3ccccc3N2c2nc(Nc3cc(N4CCOCC4)cc(N4CCOCC4)c3)ncc21.CN1C(=O)C2Cc3ccccc3N2c2nc(Nc3ccc(N4CCOCC4)cc3)ncc21. The molecule has 540 valence electrons. The summed E-state index contributed by atoms with van der Waals surface area (Å²) in [6.07, 6.45) is 7.62. The summed E-state index contributed by atoms with van der Waals surface area (Å²) >= 11 is 0. The van der Waals surface area contributed by atoms with Crippen molar-refractivity contribution in [2.45, 2.75) is 44.8 Å². The van der Waals surface area contributed by atoms with Crippen LogP contribution in [0.25, 0.3) is 0 Å². The molecule has 10 aliphatic heterocycles. The Hall–Kier alpha value is -11.3. The molecule has 105 heavy (non-hydrogen) atoms. The highest BCUT2D eigenvalue weighted by atomic mass is 16.5. The van der Waals surface area contributed by atoms with Gasteiger partial charge in [-0.1, -0.05) is 68.6 Å². The molecule has 3 aromatic heterocycles. The van der Waals surface area contributed by atoms with E-state index in [2.05, 4.69) is 168 Å². The number of nitrogens with one attached hydrogen (secondary N) is 3. The predicted molar refractivity (Wildman–Crippen MR) is 413 cm³/mol. The molecule has 0 radical (unpaired) electrons. The fourth-order valence-corrected chi connectivity index (χ4v) is 15.6. The van der Waals surface area contributed by atoms with Crippen molar-refractivity contribution in [1.29, 1.82) is 0 Å². The van der Waals surface area contributed by atoms with E-state index < -0.39 is 0 Å². The van der Waals surface area contributed by atoms with Crippen LogP contribution in [0, 0.1) is 0 Å². The molecule has 26 heteroatoms. The number of para-hydroxylation sites is 3. The summed E-state index contributed by atoms with van der Waals surface area (Å²) in [5, 5.41) is 10.2. The maximum absolute atomic E-state index is 13.2. The number of methoxy groups -OCH3 is 1. The Balaban J connectivity index is 0.000000121. The number of hydrogen-bond acceptors (Lipinski definition) is 24. The number of nitrogens with zero attached hydrogens (tertiary/aromatic N) is 16. The second-order valence-corrected chi connectivity index (χ2v) is 27.2. The highest BCUT2D eigenvalue weighted by molar-refractivity contribution is 6.09. The minimum absolute atomic E-state index is 0. The molecule has 3 atom stereocenters. The van der Waals surface area contributed by atoms with Crippen molar-refractivity contribution in [3.05, 3.63) is 181 Å². The van der Waals surface area contributed by atoms with Crippen molar-refractivity contribution >= 4 is 121 Å². The number of rotatable bonds is 11. The van der Waals surface area contributed by atoms with Gasteiger partial charge in [0.1, 0.15) is 34.9 Å². The maximum Gasteiger partial charge on any atom is 0.250 e. The van der Waals surface area contributed by atoms with Crippen LogP contribution in [0.2, 0.25) is 0 Å². The van der Waals surface area contributed by atoms with E-state index in [-0.39, 0.29) is 37.4 Å². The standard InChI is InChI=1S/C28H31N7O3.C26H28N6O2.C24H24N6O2.CH4/c1-32-25-18-29-28(31-26(25)35-23-5-3-2-4-19(23)14-24(35)27(32)36)30-20-15-21(33-6-10-37-11-7-33)17-22(16-20)34-8-12-38-13-9-34;1-17-22-14-18-6-4-5-7-21(18)32(22)25-23(30(17)2)16-27-26(29-25)28-20-9-8-19(15-24(20)33-3)31-10-12-34-13-11-31;1-28-21-15-25-24(26-17-6-8-18(9-7-17)29-10-12-32-13-11-29)27-22(21)30-19-5-3-2-4-16(19)14-20(30)23(28)31;/h2-5,15-18,24H,6-14H2,1H3,(H,29,30,31);4-9,15-16,22H,1,10-14H2,2-3H3,(H,27,28,29);2-9,15,20H,10-14H2,1H3,(H,25,26,27);1H4. The number of carbonyl (C=O) groups excluding carboxylic acids is 2. The number of aromatic nitrogens is 6. The summed E-state index contributed by atoms with van der Waals surface area (Å²) < 4.78 is 27.8. The Morgan fingerprint density at radius 2 is 0.781 bits per heavy atom. The number of fused-ring (bicyclic) bond motifs is 15. The lowest BCUT2D eigenvalue weighted by Gasteiger charge is -2.40. The van der Waals surface area contributed by atoms with E-state index in [0.29, 0.717) is 36.4 Å². The zero-order chi connectivity index (χ0) is 70.5. The average molecular weight is 1410 g/mol. The Bertz CT molecular complexity index is 4700. The number of morpholine rings is 4. The van der Waals surface area contributed by atoms with E-state index in [0.717, 1.165) is 203 Å². The first-order valence-electron chi connectivity index (χ1n) is 35.7. The van der Waals surface area contributed by atoms with Crippen molar-refractivity contribution < 1.29 is 33.3 Å². The normalized spacial score (nSPS) is 19.6. The van der Waals surface area contributed by atoms with Crippen LogP contribution in [-0.2, 0) is 47.8 Å². The second-order valence-electron chi connectivity index (χ2n) is 27.2. The Morgan fingerprint density at radius 3 is 1.23 bits per heavy atom. The number of benzene rings is 6. The van der Waals surface area contributed by atoms with Crippen molar-refractivity contribution in [3.63, 3.8) is 0 Å². The summed E-state index contributed by atoms with van der Waals surface area (Å²) in [6.45, 7) is 17.3. The molecule has 0 spiro atoms. The molecule has 4 fully saturated rings. The van der Waals surface area contributed by atoms with Gasteiger partial charge in [0.25, 0.3) is 0 Å². The number of hydrogen-bond donors (Lipinski definition) is 3. The van der Waals surface area contributed by atoms with Crippen LogP contribution in [0.3, 0.4) is 0 Å². The molecule has 6 aromatic carbocycles. The summed E-state index contributed by atoms with van der Waals surface area (Å²) in [6, 6.07) is 45.4. The third-order valence-electron chi connectivity index (χ3n) is 21.2. The molecule has 0 aliphatic carbocycles. The number of anilines is 19. The third kappa shape index (κ3) is 13.0. The second kappa shape index (κ2) is 29.1. The number of amides is 2. The van der Waals surface area contributed by atoms with Gasteiger partial charge >= 0.3 is 0 Å². The van der Waals surface area contributed by atoms with Gasteiger partial charge in [0.05, 0.1) is 90.3 Å². The van der Waals surface area contributed by atoms with E-state index in [4.69, 9.17) is 38.6 Å². The maximum atomic E-state index is 13.2. The zero-order valence-electron chi connectivity index (χ0n) is 58.8. The van der Waals surface area contributed by atoms with Gasteiger partial charge < -0.3 is 88.6 Å². The van der Waals surface area contributed by atoms with Gasteiger partial charge in [0.15, 0.2) is 17.5 Å². The first-order chi connectivity index (χ1) is 51.0. The van der Waals surface area contributed by atoms with Gasteiger partial charge in [-0.25, -0.2) is 15.0 Å². The first-order valence-corrected chi connectivity index (χ1v) is 35.7. The molecular weight excluding hydrogens is 1330 g/mol. The molecule has 13 heterocycles. The average Bonchev–Trinajstić information content (AvgIpc) is 1.63. The zero-order valence-corrected chi connectivity index (χ0v) is 58.8. The van der Waals surface area contributed by atoms with Gasteiger partial charge in [-0.2, -0.15) is 15.0 Å². The largest absolute Gasteiger partial charge is 0.494 e. The fourth-order valence-electron chi connectivity index (χ4n) is 15.6. The molecule has 10 aliphatic rings. The predicted octanol–water partition coefficient (Wildman–Crippen LogP) is 10.8. The minimum atomic E-state index is -0.287. The molecule has 4 saturated heterocycles. The van der Waals surface area contributed by atoms with Crippen molar-refractivity contribution in [1.82, 2.24) is 29.9 Å². The van der Waals surface area contributed by atoms with E-state index in [1.807, 2.05) is 55.7 Å². The number of carbonyl (C=O) groups is 2. The molecule has 26 nitrogen and oxygen atoms in total. The van der Waals surface area contributed by atoms with Gasteiger partial charge in [-0.15, -0.1) is 0 Å². The highest BCUT2D eigenvalue weighted by Gasteiger charge is 2.46. The van der Waals surface area contributed by atoms with E-state index in [1.54, 1.807) is 43.4 Å². The Morgan fingerprint density at radius 1 is 0.410 bits per heavy atom. The van der Waals surface area contributed by atoms with Crippen LogP contribution in [0.4, 0.5) is 109 Å². The number of likely N-dealkylation sites (N-methyl/N-ethyl adjacent to an activating group) is 3. The van der Waals surface area contributed by atoms with Gasteiger partial charge in [0.2, 0.25) is 29.7 Å². The van der Waals surface area contributed by atoms with Crippen LogP contribution >= 0.6 is 0 Å². The van der Waals surface area contributed by atoms with E-state index >= 15 is 0 Å². The molecule has 0 bridgehead atoms. The molecule has 3 N–H and O–H groups in total. The number of ether oxygens (including phenoxy) is 5. The molecule has 3 unspecified atom stereocenters. The van der Waals surface area contributed by atoms with Crippen LogP contribution in [0.5, 0.6) is 5.75 Å². The Kier molecular flexibility index (Phi) is 18.9. The fraction of sp³-hybridized carbons (Fsp3) is 0.342. The Labute approximate surface area is 611 Å². The minimum Gasteiger partial charge on any atom is -0.494 e. The van der Waals surface area contributed by atoms with Crippen LogP contribution in [-0.4, -0.2) is 193 Å². The lowest BCUT2D eigenvalue weighted by Crippen LogP contribution is -2.49.